The molecule has 2 unspecified atom stereocenters. The Morgan fingerprint density at radius 2 is 1.81 bits per heavy atom. The van der Waals surface area contributed by atoms with Gasteiger partial charge in [-0.3, -0.25) is 0 Å². The van der Waals surface area contributed by atoms with Gasteiger partial charge in [0.05, 0.1) is 0 Å². The van der Waals surface area contributed by atoms with Crippen molar-refractivity contribution in [2.45, 2.75) is 58.8 Å². The normalized spacial score (nSPS) is 18.2. The Kier molecular flexibility index (Phi) is 6.99. The summed E-state index contributed by atoms with van der Waals surface area (Å²) in [4.78, 5) is 0. The van der Waals surface area contributed by atoms with Crippen LogP contribution in [0.25, 0.3) is 0 Å². The van der Waals surface area contributed by atoms with Crippen LogP contribution in [0.1, 0.15) is 48.0 Å². The predicted octanol–water partition coefficient (Wildman–Crippen LogP) is 2.90. The Morgan fingerprint density at radius 3 is 2.19 bits per heavy atom. The minimum atomic E-state index is 0.0284. The van der Waals surface area contributed by atoms with E-state index in [1.165, 1.54) is 0 Å². The van der Waals surface area contributed by atoms with Gasteiger partial charge in [0.2, 0.25) is 0 Å². The lowest BCUT2D eigenvalue weighted by atomic mass is 9.88. The SMILES string of the molecule is CCC(C)(CO)CNC(C)CSC(C)(C)C. The highest BCUT2D eigenvalue weighted by atomic mass is 32.2. The van der Waals surface area contributed by atoms with Gasteiger partial charge in [-0.2, -0.15) is 11.8 Å². The van der Waals surface area contributed by atoms with Crippen LogP contribution in [-0.4, -0.2) is 34.8 Å². The van der Waals surface area contributed by atoms with Gasteiger partial charge in [0.15, 0.2) is 0 Å². The maximum atomic E-state index is 9.31. The van der Waals surface area contributed by atoms with E-state index in [4.69, 9.17) is 0 Å². The first-order valence-electron chi connectivity index (χ1n) is 6.20. The van der Waals surface area contributed by atoms with Gasteiger partial charge in [0, 0.05) is 35.1 Å². The summed E-state index contributed by atoms with van der Waals surface area (Å²) in [5.74, 6) is 1.12. The third kappa shape index (κ3) is 7.53. The van der Waals surface area contributed by atoms with Gasteiger partial charge in [0.25, 0.3) is 0 Å². The van der Waals surface area contributed by atoms with Crippen LogP contribution in [0.5, 0.6) is 0 Å². The third-order valence-electron chi connectivity index (χ3n) is 2.88. The quantitative estimate of drug-likeness (QED) is 0.725. The fraction of sp³-hybridized carbons (Fsp3) is 1.00. The van der Waals surface area contributed by atoms with E-state index >= 15 is 0 Å². The van der Waals surface area contributed by atoms with Crippen molar-refractivity contribution in [2.24, 2.45) is 5.41 Å². The topological polar surface area (TPSA) is 32.3 Å². The van der Waals surface area contributed by atoms with E-state index in [0.29, 0.717) is 10.8 Å². The molecule has 0 aliphatic rings. The van der Waals surface area contributed by atoms with Gasteiger partial charge in [-0.05, 0) is 13.3 Å². The summed E-state index contributed by atoms with van der Waals surface area (Å²) in [6.45, 7) is 14.4. The highest BCUT2D eigenvalue weighted by Crippen LogP contribution is 2.24. The van der Waals surface area contributed by atoms with Gasteiger partial charge < -0.3 is 10.4 Å². The summed E-state index contributed by atoms with van der Waals surface area (Å²) < 4.78 is 0.334. The first-order chi connectivity index (χ1) is 7.22. The third-order valence-corrected chi connectivity index (χ3v) is 4.41. The van der Waals surface area contributed by atoms with Crippen molar-refractivity contribution in [3.63, 3.8) is 0 Å². The van der Waals surface area contributed by atoms with Gasteiger partial charge >= 0.3 is 0 Å². The maximum Gasteiger partial charge on any atom is 0.0496 e. The minimum Gasteiger partial charge on any atom is -0.396 e. The Balaban J connectivity index is 3.85. The van der Waals surface area contributed by atoms with E-state index in [1.54, 1.807) is 0 Å². The van der Waals surface area contributed by atoms with Crippen LogP contribution in [0.2, 0.25) is 0 Å². The average Bonchev–Trinajstić information content (AvgIpc) is 2.22. The first kappa shape index (κ1) is 16.3. The molecule has 2 atom stereocenters. The second-order valence-corrected chi connectivity index (χ2v) is 7.87. The van der Waals surface area contributed by atoms with Gasteiger partial charge in [-0.1, -0.05) is 34.6 Å². The average molecular weight is 247 g/mol. The largest absolute Gasteiger partial charge is 0.396 e. The lowest BCUT2D eigenvalue weighted by molar-refractivity contribution is 0.133. The number of nitrogens with one attached hydrogen (secondary N) is 1. The lowest BCUT2D eigenvalue weighted by Gasteiger charge is -2.29. The zero-order valence-corrected chi connectivity index (χ0v) is 12.6. The molecular weight excluding hydrogens is 218 g/mol. The molecular formula is C13H29NOS. The Labute approximate surface area is 106 Å². The monoisotopic (exact) mass is 247 g/mol. The molecule has 0 spiro atoms. The van der Waals surface area contributed by atoms with Crippen molar-refractivity contribution in [2.75, 3.05) is 18.9 Å². The molecule has 0 amide bonds. The molecule has 0 aliphatic heterocycles. The number of hydrogen-bond acceptors (Lipinski definition) is 3. The van der Waals surface area contributed by atoms with Crippen LogP contribution in [0.3, 0.4) is 0 Å². The zero-order chi connectivity index (χ0) is 12.8. The van der Waals surface area contributed by atoms with Crippen LogP contribution >= 0.6 is 11.8 Å². The summed E-state index contributed by atoms with van der Waals surface area (Å²) in [6, 6.07) is 0.502. The summed E-state index contributed by atoms with van der Waals surface area (Å²) in [7, 11) is 0. The van der Waals surface area contributed by atoms with Crippen LogP contribution in [-0.2, 0) is 0 Å². The summed E-state index contributed by atoms with van der Waals surface area (Å²) in [5, 5.41) is 12.8. The molecule has 0 saturated heterocycles. The molecule has 0 rings (SSSR count). The molecule has 0 aromatic carbocycles. The molecule has 2 N–H and O–H groups in total. The number of aliphatic hydroxyl groups excluding tert-OH is 1. The van der Waals surface area contributed by atoms with Crippen LogP contribution in [0.15, 0.2) is 0 Å². The van der Waals surface area contributed by atoms with E-state index in [-0.39, 0.29) is 12.0 Å². The molecule has 0 bridgehead atoms. The number of aliphatic hydroxyl groups is 1. The molecule has 0 radical (unpaired) electrons. The second kappa shape index (κ2) is 6.87. The van der Waals surface area contributed by atoms with Crippen molar-refractivity contribution >= 4 is 11.8 Å². The summed E-state index contributed by atoms with van der Waals surface area (Å²) in [5.41, 5.74) is 0.0284. The van der Waals surface area contributed by atoms with Crippen LogP contribution in [0, 0.1) is 5.41 Å². The van der Waals surface area contributed by atoms with E-state index in [0.717, 1.165) is 18.7 Å². The Bertz CT molecular complexity index is 185. The fourth-order valence-corrected chi connectivity index (χ4v) is 2.02. The Hall–Kier alpha value is 0.270. The van der Waals surface area contributed by atoms with E-state index in [1.807, 2.05) is 11.8 Å². The van der Waals surface area contributed by atoms with E-state index in [2.05, 4.69) is 46.9 Å². The highest BCUT2D eigenvalue weighted by molar-refractivity contribution is 8.00. The number of rotatable bonds is 7. The summed E-state index contributed by atoms with van der Waals surface area (Å²) >= 11 is 1.98. The van der Waals surface area contributed by atoms with Crippen molar-refractivity contribution in [1.29, 1.82) is 0 Å². The molecule has 0 aliphatic carbocycles. The highest BCUT2D eigenvalue weighted by Gasteiger charge is 2.21. The van der Waals surface area contributed by atoms with Gasteiger partial charge in [0.1, 0.15) is 0 Å². The number of thioether (sulfide) groups is 1. The molecule has 0 aromatic heterocycles. The van der Waals surface area contributed by atoms with Gasteiger partial charge in [-0.15, -0.1) is 0 Å². The molecule has 0 saturated carbocycles. The van der Waals surface area contributed by atoms with E-state index < -0.39 is 0 Å². The van der Waals surface area contributed by atoms with Crippen LogP contribution in [0.4, 0.5) is 0 Å². The molecule has 0 fully saturated rings. The van der Waals surface area contributed by atoms with Crippen molar-refractivity contribution in [1.82, 2.24) is 5.32 Å². The van der Waals surface area contributed by atoms with Crippen molar-refractivity contribution in [3.8, 4) is 0 Å². The Morgan fingerprint density at radius 1 is 1.25 bits per heavy atom. The first-order valence-corrected chi connectivity index (χ1v) is 7.19. The standard InChI is InChI=1S/C13H29NOS/c1-7-13(6,10-15)9-14-11(2)8-16-12(3,4)5/h11,14-15H,7-10H2,1-6H3. The molecule has 0 aromatic rings. The summed E-state index contributed by atoms with van der Waals surface area (Å²) in [6.07, 6.45) is 1.01. The smallest absolute Gasteiger partial charge is 0.0496 e. The predicted molar refractivity (Wildman–Crippen MR) is 75.2 cm³/mol. The molecule has 16 heavy (non-hydrogen) atoms. The molecule has 0 heterocycles. The fourth-order valence-electron chi connectivity index (χ4n) is 1.15. The maximum absolute atomic E-state index is 9.31. The van der Waals surface area contributed by atoms with Crippen molar-refractivity contribution in [3.05, 3.63) is 0 Å². The molecule has 98 valence electrons. The zero-order valence-electron chi connectivity index (χ0n) is 11.8. The lowest BCUT2D eigenvalue weighted by Crippen LogP contribution is -2.40. The van der Waals surface area contributed by atoms with E-state index in [9.17, 15) is 5.11 Å². The molecule has 2 nitrogen and oxygen atoms in total. The minimum absolute atomic E-state index is 0.0284. The van der Waals surface area contributed by atoms with Gasteiger partial charge in [-0.25, -0.2) is 0 Å². The second-order valence-electron chi connectivity index (χ2n) is 6.03. The van der Waals surface area contributed by atoms with Crippen molar-refractivity contribution < 1.29 is 5.11 Å². The van der Waals surface area contributed by atoms with Crippen LogP contribution < -0.4 is 5.32 Å². The molecule has 3 heteroatoms. The number of hydrogen-bond donors (Lipinski definition) is 2.